The maximum Gasteiger partial charge on any atom is 0.328 e. The molecule has 0 unspecified atom stereocenters. The molecule has 1 aromatic carbocycles. The fourth-order valence-corrected chi connectivity index (χ4v) is 7.01. The van der Waals surface area contributed by atoms with Crippen LogP contribution < -0.4 is 20.7 Å². The van der Waals surface area contributed by atoms with Crippen LogP contribution in [-0.4, -0.2) is 62.8 Å². The topological polar surface area (TPSA) is 115 Å². The molecule has 6 heterocycles. The third-order valence-corrected chi connectivity index (χ3v) is 9.04. The van der Waals surface area contributed by atoms with Gasteiger partial charge in [0.15, 0.2) is 0 Å². The summed E-state index contributed by atoms with van der Waals surface area (Å²) in [6, 6.07) is 9.71. The second kappa shape index (κ2) is 10.1. The molecule has 11 heteroatoms. The third kappa shape index (κ3) is 4.25. The molecular weight excluding hydrogens is 528 g/mol. The van der Waals surface area contributed by atoms with Crippen molar-refractivity contribution in [3.8, 4) is 22.8 Å². The quantitative estimate of drug-likeness (QED) is 0.302. The van der Waals surface area contributed by atoms with E-state index in [1.54, 1.807) is 25.7 Å². The number of H-pyrrole nitrogens is 1. The van der Waals surface area contributed by atoms with Crippen LogP contribution in [0.3, 0.4) is 0 Å². The summed E-state index contributed by atoms with van der Waals surface area (Å²) in [6.45, 7) is 3.91. The first-order valence-corrected chi connectivity index (χ1v) is 14.3. The Morgan fingerprint density at radius 3 is 2.88 bits per heavy atom. The number of hydrogen-bond acceptors (Lipinski definition) is 9. The molecule has 5 aromatic rings. The van der Waals surface area contributed by atoms with Crippen LogP contribution in [0, 0.1) is 5.92 Å². The van der Waals surface area contributed by atoms with E-state index in [9.17, 15) is 9.59 Å². The largest absolute Gasteiger partial charge is 0.496 e. The zero-order valence-corrected chi connectivity index (χ0v) is 22.8. The van der Waals surface area contributed by atoms with E-state index in [0.717, 1.165) is 49.5 Å². The van der Waals surface area contributed by atoms with E-state index >= 15 is 0 Å². The van der Waals surface area contributed by atoms with E-state index in [1.165, 1.54) is 21.5 Å². The van der Waals surface area contributed by atoms with Gasteiger partial charge in [0.25, 0.3) is 5.56 Å². The summed E-state index contributed by atoms with van der Waals surface area (Å²) >= 11 is 1.26. The van der Waals surface area contributed by atoms with Gasteiger partial charge < -0.3 is 19.4 Å². The summed E-state index contributed by atoms with van der Waals surface area (Å²) < 4.78 is 13.4. The van der Waals surface area contributed by atoms with E-state index in [-0.39, 0.29) is 5.56 Å². The van der Waals surface area contributed by atoms with E-state index in [1.807, 2.05) is 30.3 Å². The van der Waals surface area contributed by atoms with Crippen molar-refractivity contribution < 1.29 is 9.47 Å². The van der Waals surface area contributed by atoms with E-state index in [4.69, 9.17) is 9.47 Å². The molecule has 0 amide bonds. The summed E-state index contributed by atoms with van der Waals surface area (Å²) in [7, 11) is 1.71. The summed E-state index contributed by atoms with van der Waals surface area (Å²) in [6.07, 6.45) is 6.68. The molecule has 0 aliphatic carbocycles. The first-order valence-electron chi connectivity index (χ1n) is 13.5. The Morgan fingerprint density at radius 2 is 2.02 bits per heavy atom. The molecule has 0 saturated carbocycles. The zero-order chi connectivity index (χ0) is 27.2. The van der Waals surface area contributed by atoms with Crippen LogP contribution in [-0.2, 0) is 6.54 Å². The molecule has 0 radical (unpaired) electrons. The number of rotatable bonds is 7. The van der Waals surface area contributed by atoms with Crippen LogP contribution in [0.25, 0.3) is 31.8 Å². The molecule has 10 nitrogen and oxygen atoms in total. The van der Waals surface area contributed by atoms with E-state index < -0.39 is 5.69 Å². The molecular formula is C29H28N6O4S. The predicted molar refractivity (Wildman–Crippen MR) is 153 cm³/mol. The van der Waals surface area contributed by atoms with Crippen LogP contribution in [0.1, 0.15) is 24.3 Å². The molecule has 2 aliphatic rings. The molecule has 1 fully saturated rings. The lowest BCUT2D eigenvalue weighted by Gasteiger charge is -2.29. The number of nitrogens with one attached hydrogen (secondary N) is 1. The van der Waals surface area contributed by atoms with Gasteiger partial charge >= 0.3 is 5.69 Å². The average Bonchev–Trinajstić information content (AvgIpc) is 3.58. The summed E-state index contributed by atoms with van der Waals surface area (Å²) in [5.74, 6) is 2.64. The van der Waals surface area contributed by atoms with Gasteiger partial charge in [-0.3, -0.25) is 14.3 Å². The van der Waals surface area contributed by atoms with Crippen molar-refractivity contribution >= 4 is 31.9 Å². The zero-order valence-electron chi connectivity index (χ0n) is 22.0. The molecule has 1 N–H and O–H groups in total. The summed E-state index contributed by atoms with van der Waals surface area (Å²) in [5, 5.41) is 0. The van der Waals surface area contributed by atoms with Gasteiger partial charge in [-0.15, -0.1) is 11.3 Å². The number of likely N-dealkylation sites (tertiary alicyclic amines) is 1. The molecule has 4 aromatic heterocycles. The van der Waals surface area contributed by atoms with Gasteiger partial charge in [0.1, 0.15) is 26.5 Å². The van der Waals surface area contributed by atoms with Gasteiger partial charge in [-0.2, -0.15) is 0 Å². The number of unbranched alkanes of at least 4 members (excludes halogenated alkanes) is 1. The maximum atomic E-state index is 13.3. The summed E-state index contributed by atoms with van der Waals surface area (Å²) in [5.41, 5.74) is 2.90. The lowest BCUT2D eigenvalue weighted by molar-refractivity contribution is 0.209. The number of fused-ring (bicyclic) bond motifs is 6. The Labute approximate surface area is 233 Å². The monoisotopic (exact) mass is 556 g/mol. The first kappa shape index (κ1) is 24.9. The Morgan fingerprint density at radius 1 is 1.12 bits per heavy atom. The average molecular weight is 557 g/mol. The fourth-order valence-electron chi connectivity index (χ4n) is 6.02. The van der Waals surface area contributed by atoms with Crippen LogP contribution in [0.2, 0.25) is 0 Å². The Kier molecular flexibility index (Phi) is 6.32. The summed E-state index contributed by atoms with van der Waals surface area (Å²) in [4.78, 5) is 45.6. The van der Waals surface area contributed by atoms with E-state index in [0.29, 0.717) is 51.2 Å². The van der Waals surface area contributed by atoms with Crippen molar-refractivity contribution in [3.63, 3.8) is 0 Å². The van der Waals surface area contributed by atoms with Gasteiger partial charge in [-0.25, -0.2) is 14.8 Å². The molecule has 204 valence electrons. The number of hydrogen-bond donors (Lipinski definition) is 1. The van der Waals surface area contributed by atoms with Crippen LogP contribution in [0.5, 0.6) is 11.5 Å². The molecule has 0 bridgehead atoms. The normalized spacial score (nSPS) is 18.5. The highest BCUT2D eigenvalue weighted by Crippen LogP contribution is 2.46. The van der Waals surface area contributed by atoms with E-state index in [2.05, 4.69) is 24.8 Å². The van der Waals surface area contributed by atoms with Crippen LogP contribution >= 0.6 is 11.3 Å². The van der Waals surface area contributed by atoms with Crippen LogP contribution in [0.4, 0.5) is 0 Å². The number of aromatic amines is 1. The molecule has 1 saturated heterocycles. The minimum atomic E-state index is -0.418. The third-order valence-electron chi connectivity index (χ3n) is 7.97. The Balaban J connectivity index is 1.05. The first-order chi connectivity index (χ1) is 19.6. The van der Waals surface area contributed by atoms with Crippen molar-refractivity contribution in [2.24, 2.45) is 5.92 Å². The predicted octanol–water partition coefficient (Wildman–Crippen LogP) is 3.65. The fraction of sp³-hybridized carbons (Fsp3) is 0.345. The second-order valence-electron chi connectivity index (χ2n) is 10.4. The number of nitrogens with zero attached hydrogens (tertiary/aromatic N) is 5. The Hall–Kier alpha value is -4.09. The number of ether oxygens (including phenoxy) is 2. The standard InChI is InChI=1S/C29H28N6O4S/c1-38-21-7-4-8-22-23(21)19-15-34(14-18(19)16-39-22)10-2-3-11-35-28(36)26-24(33-29(35)37)25-27(40-26)31-13-20(32-25)17-6-5-9-30-12-17/h4-9,12-13,18-19H,2-3,10-11,14-16H2,1H3,(H,33,37)/t18-,19+/m0/s1. The highest BCUT2D eigenvalue weighted by molar-refractivity contribution is 7.25. The lowest BCUT2D eigenvalue weighted by Crippen LogP contribution is -2.34. The molecule has 40 heavy (non-hydrogen) atoms. The van der Waals surface area contributed by atoms with Gasteiger partial charge in [0.2, 0.25) is 0 Å². The van der Waals surface area contributed by atoms with Crippen molar-refractivity contribution in [3.05, 3.63) is 75.3 Å². The van der Waals surface area contributed by atoms with Gasteiger partial charge in [0, 0.05) is 55.0 Å². The van der Waals surface area contributed by atoms with Crippen molar-refractivity contribution in [1.82, 2.24) is 29.4 Å². The van der Waals surface area contributed by atoms with Crippen LogP contribution in [0.15, 0.2) is 58.5 Å². The SMILES string of the molecule is COc1cccc2c1[C@@H]1CN(CCCCn3c(=O)[nH]c4c(sc5ncc(-c6cccnc6)nc54)c3=O)C[C@H]1CO2. The number of aromatic nitrogens is 5. The molecule has 2 atom stereocenters. The molecule has 7 rings (SSSR count). The van der Waals surface area contributed by atoms with Crippen molar-refractivity contribution in [2.45, 2.75) is 25.3 Å². The minimum absolute atomic E-state index is 0.292. The highest BCUT2D eigenvalue weighted by Gasteiger charge is 2.40. The number of thiophene rings is 1. The highest BCUT2D eigenvalue weighted by atomic mass is 32.1. The number of pyridine rings is 1. The Bertz CT molecular complexity index is 1820. The maximum absolute atomic E-state index is 13.3. The van der Waals surface area contributed by atoms with Crippen molar-refractivity contribution in [1.29, 1.82) is 0 Å². The van der Waals surface area contributed by atoms with Gasteiger partial charge in [-0.05, 0) is 43.7 Å². The van der Waals surface area contributed by atoms with Gasteiger partial charge in [-0.1, -0.05) is 6.07 Å². The second-order valence-corrected chi connectivity index (χ2v) is 11.4. The minimum Gasteiger partial charge on any atom is -0.496 e. The number of methoxy groups -OCH3 is 1. The van der Waals surface area contributed by atoms with Crippen molar-refractivity contribution in [2.75, 3.05) is 33.4 Å². The smallest absolute Gasteiger partial charge is 0.328 e. The molecule has 0 spiro atoms. The number of benzene rings is 1. The lowest BCUT2D eigenvalue weighted by atomic mass is 9.86. The molecule has 2 aliphatic heterocycles. The van der Waals surface area contributed by atoms with Gasteiger partial charge in [0.05, 0.1) is 31.1 Å².